The minimum Gasteiger partial charge on any atom is -0.342 e. The first kappa shape index (κ1) is 18.4. The van der Waals surface area contributed by atoms with Gasteiger partial charge in [0.1, 0.15) is 11.5 Å². The number of amides is 2. The smallest absolute Gasteiger partial charge is 0.237 e. The van der Waals surface area contributed by atoms with E-state index in [4.69, 9.17) is 0 Å². The lowest BCUT2D eigenvalue weighted by Gasteiger charge is -2.18. The van der Waals surface area contributed by atoms with Crippen LogP contribution in [0.15, 0.2) is 18.2 Å². The Morgan fingerprint density at radius 2 is 1.59 bits per heavy atom. The Balaban J connectivity index is 2.54. The first-order chi connectivity index (χ1) is 10.3. The summed E-state index contributed by atoms with van der Waals surface area (Å²) in [6, 6.07) is 5.72. The Labute approximate surface area is 134 Å². The van der Waals surface area contributed by atoms with Crippen LogP contribution < -0.4 is 5.32 Å². The van der Waals surface area contributed by atoms with Crippen molar-refractivity contribution in [1.82, 2.24) is 4.90 Å². The van der Waals surface area contributed by atoms with Crippen molar-refractivity contribution in [3.05, 3.63) is 29.3 Å². The van der Waals surface area contributed by atoms with E-state index < -0.39 is 10.8 Å². The second-order valence-corrected chi connectivity index (χ2v) is 6.68. The molecule has 0 fully saturated rings. The number of carbonyl (C=O) groups is 2. The van der Waals surface area contributed by atoms with Crippen LogP contribution in [-0.4, -0.2) is 45.5 Å². The average molecular weight is 324 g/mol. The van der Waals surface area contributed by atoms with Crippen LogP contribution in [0.3, 0.4) is 0 Å². The maximum Gasteiger partial charge on any atom is 0.237 e. The highest BCUT2D eigenvalue weighted by molar-refractivity contribution is 7.86. The zero-order valence-corrected chi connectivity index (χ0v) is 14.5. The van der Waals surface area contributed by atoms with Crippen molar-refractivity contribution in [1.29, 1.82) is 0 Å². The highest BCUT2D eigenvalue weighted by atomic mass is 32.2. The molecule has 0 aliphatic carbocycles. The van der Waals surface area contributed by atoms with Crippen LogP contribution >= 0.6 is 0 Å². The van der Waals surface area contributed by atoms with Gasteiger partial charge >= 0.3 is 0 Å². The van der Waals surface area contributed by atoms with E-state index in [-0.39, 0.29) is 23.3 Å². The van der Waals surface area contributed by atoms with Crippen LogP contribution in [-0.2, 0) is 20.4 Å². The molecule has 0 unspecified atom stereocenters. The van der Waals surface area contributed by atoms with Gasteiger partial charge in [-0.25, -0.2) is 0 Å². The first-order valence-electron chi connectivity index (χ1n) is 7.36. The number of rotatable bonds is 7. The molecule has 0 spiro atoms. The number of hydrogen-bond acceptors (Lipinski definition) is 3. The Morgan fingerprint density at radius 1 is 1.05 bits per heavy atom. The van der Waals surface area contributed by atoms with Crippen molar-refractivity contribution in [2.24, 2.45) is 0 Å². The van der Waals surface area contributed by atoms with Gasteiger partial charge in [0.25, 0.3) is 0 Å². The largest absolute Gasteiger partial charge is 0.342 e. The SMILES string of the molecule is CCN(CC)C(=O)C[S@@](=O)CC(=O)Nc1cc(C)cc(C)c1. The Bertz CT molecular complexity index is 548. The molecule has 0 aliphatic rings. The molecule has 1 rings (SSSR count). The second kappa shape index (κ2) is 8.68. The molecular formula is C16H24N2O3S. The van der Waals surface area contributed by atoms with Gasteiger partial charge in [-0.15, -0.1) is 0 Å². The van der Waals surface area contributed by atoms with Gasteiger partial charge in [-0.2, -0.15) is 0 Å². The summed E-state index contributed by atoms with van der Waals surface area (Å²) in [6.07, 6.45) is 0. The molecule has 0 bridgehead atoms. The summed E-state index contributed by atoms with van der Waals surface area (Å²) in [5.41, 5.74) is 2.79. The maximum atomic E-state index is 11.9. The Kier molecular flexibility index (Phi) is 7.24. The third-order valence-electron chi connectivity index (χ3n) is 3.20. The molecule has 1 aromatic carbocycles. The molecule has 0 radical (unpaired) electrons. The third kappa shape index (κ3) is 5.97. The van der Waals surface area contributed by atoms with Gasteiger partial charge in [0.05, 0.1) is 0 Å². The minimum absolute atomic E-state index is 0.109. The van der Waals surface area contributed by atoms with Gasteiger partial charge in [0.15, 0.2) is 0 Å². The molecule has 122 valence electrons. The number of aryl methyl sites for hydroxylation is 2. The van der Waals surface area contributed by atoms with Gasteiger partial charge in [-0.3, -0.25) is 13.8 Å². The number of anilines is 1. The van der Waals surface area contributed by atoms with Gasteiger partial charge in [0.2, 0.25) is 11.8 Å². The topological polar surface area (TPSA) is 66.5 Å². The fraction of sp³-hybridized carbons (Fsp3) is 0.500. The second-order valence-electron chi connectivity index (χ2n) is 5.22. The van der Waals surface area contributed by atoms with E-state index in [0.29, 0.717) is 18.8 Å². The van der Waals surface area contributed by atoms with Crippen molar-refractivity contribution in [3.8, 4) is 0 Å². The van der Waals surface area contributed by atoms with Crippen molar-refractivity contribution in [3.63, 3.8) is 0 Å². The van der Waals surface area contributed by atoms with Gasteiger partial charge in [0, 0.05) is 29.6 Å². The monoisotopic (exact) mass is 324 g/mol. The molecule has 0 heterocycles. The summed E-state index contributed by atoms with van der Waals surface area (Å²) in [6.45, 7) is 8.81. The third-order valence-corrected chi connectivity index (χ3v) is 4.35. The van der Waals surface area contributed by atoms with Gasteiger partial charge in [-0.1, -0.05) is 6.07 Å². The number of benzene rings is 1. The molecule has 0 saturated carbocycles. The molecule has 6 heteroatoms. The lowest BCUT2D eigenvalue weighted by atomic mass is 10.1. The Hall–Kier alpha value is -1.69. The summed E-state index contributed by atoms with van der Waals surface area (Å²) in [5.74, 6) is -0.791. The number of nitrogens with zero attached hydrogens (tertiary/aromatic N) is 1. The molecule has 1 atom stereocenters. The fourth-order valence-corrected chi connectivity index (χ4v) is 3.17. The van der Waals surface area contributed by atoms with Crippen molar-refractivity contribution < 1.29 is 13.8 Å². The quantitative estimate of drug-likeness (QED) is 0.832. The fourth-order valence-electron chi connectivity index (χ4n) is 2.25. The molecule has 1 N–H and O–H groups in total. The zero-order valence-electron chi connectivity index (χ0n) is 13.6. The van der Waals surface area contributed by atoms with E-state index in [1.54, 1.807) is 4.90 Å². The molecule has 0 aliphatic heterocycles. The molecule has 1 aromatic rings. The number of carbonyl (C=O) groups excluding carboxylic acids is 2. The molecular weight excluding hydrogens is 300 g/mol. The van der Waals surface area contributed by atoms with Crippen molar-refractivity contribution in [2.45, 2.75) is 27.7 Å². The summed E-state index contributed by atoms with van der Waals surface area (Å²) in [7, 11) is -1.49. The van der Waals surface area contributed by atoms with Crippen LogP contribution in [0, 0.1) is 13.8 Å². The summed E-state index contributed by atoms with van der Waals surface area (Å²) in [4.78, 5) is 25.4. The van der Waals surface area contributed by atoms with Crippen molar-refractivity contribution in [2.75, 3.05) is 29.9 Å². The van der Waals surface area contributed by atoms with E-state index in [1.165, 1.54) is 0 Å². The first-order valence-corrected chi connectivity index (χ1v) is 8.85. The number of nitrogens with one attached hydrogen (secondary N) is 1. The maximum absolute atomic E-state index is 11.9. The summed E-state index contributed by atoms with van der Waals surface area (Å²) in [5, 5.41) is 2.73. The van der Waals surface area contributed by atoms with E-state index in [0.717, 1.165) is 11.1 Å². The molecule has 22 heavy (non-hydrogen) atoms. The lowest BCUT2D eigenvalue weighted by Crippen LogP contribution is -2.35. The predicted octanol–water partition coefficient (Wildman–Crippen LogP) is 1.86. The van der Waals surface area contributed by atoms with Gasteiger partial charge < -0.3 is 10.2 Å². The normalized spacial score (nSPS) is 11.8. The van der Waals surface area contributed by atoms with Crippen LogP contribution in [0.5, 0.6) is 0 Å². The van der Waals surface area contributed by atoms with Crippen LogP contribution in [0.2, 0.25) is 0 Å². The Morgan fingerprint density at radius 3 is 2.09 bits per heavy atom. The zero-order chi connectivity index (χ0) is 16.7. The van der Waals surface area contributed by atoms with Crippen LogP contribution in [0.1, 0.15) is 25.0 Å². The average Bonchev–Trinajstić information content (AvgIpc) is 2.37. The standard InChI is InChI=1S/C16H24N2O3S/c1-5-18(6-2)16(20)11-22(21)10-15(19)17-14-8-12(3)7-13(4)9-14/h7-9H,5-6,10-11H2,1-4H3,(H,17,19)/t22-/m0/s1. The van der Waals surface area contributed by atoms with E-state index in [1.807, 2.05) is 45.9 Å². The molecule has 0 aromatic heterocycles. The van der Waals surface area contributed by atoms with Crippen LogP contribution in [0.25, 0.3) is 0 Å². The molecule has 5 nitrogen and oxygen atoms in total. The van der Waals surface area contributed by atoms with Crippen LogP contribution in [0.4, 0.5) is 5.69 Å². The summed E-state index contributed by atoms with van der Waals surface area (Å²) < 4.78 is 11.9. The van der Waals surface area contributed by atoms with E-state index >= 15 is 0 Å². The highest BCUT2D eigenvalue weighted by Crippen LogP contribution is 2.13. The van der Waals surface area contributed by atoms with E-state index in [9.17, 15) is 13.8 Å². The number of hydrogen-bond donors (Lipinski definition) is 1. The summed E-state index contributed by atoms with van der Waals surface area (Å²) >= 11 is 0. The minimum atomic E-state index is -1.49. The van der Waals surface area contributed by atoms with Crippen molar-refractivity contribution >= 4 is 28.3 Å². The lowest BCUT2D eigenvalue weighted by molar-refractivity contribution is -0.128. The van der Waals surface area contributed by atoms with E-state index in [2.05, 4.69) is 5.32 Å². The molecule has 0 saturated heterocycles. The highest BCUT2D eigenvalue weighted by Gasteiger charge is 2.16. The predicted molar refractivity (Wildman–Crippen MR) is 90.4 cm³/mol. The molecule has 2 amide bonds. The van der Waals surface area contributed by atoms with Gasteiger partial charge in [-0.05, 0) is 51.0 Å².